The zero-order valence-electron chi connectivity index (χ0n) is 10.5. The van der Waals surface area contributed by atoms with Crippen molar-refractivity contribution in [1.29, 1.82) is 0 Å². The Bertz CT molecular complexity index is 420. The maximum Gasteiger partial charge on any atom is 0.227 e. The number of rotatable bonds is 3. The van der Waals surface area contributed by atoms with Crippen LogP contribution in [0.15, 0.2) is 24.5 Å². The number of fused-ring (bicyclic) bond motifs is 1. The molecule has 0 aliphatic carbocycles. The van der Waals surface area contributed by atoms with Crippen molar-refractivity contribution in [1.82, 2.24) is 15.2 Å². The summed E-state index contributed by atoms with van der Waals surface area (Å²) in [6.45, 7) is 2.76. The van der Waals surface area contributed by atoms with Gasteiger partial charge in [0.1, 0.15) is 0 Å². The molecule has 1 amide bonds. The van der Waals surface area contributed by atoms with Crippen LogP contribution in [0.1, 0.15) is 18.4 Å². The molecule has 0 aromatic carbocycles. The van der Waals surface area contributed by atoms with Crippen molar-refractivity contribution >= 4 is 5.91 Å². The lowest BCUT2D eigenvalue weighted by molar-refractivity contribution is -0.131. The zero-order valence-corrected chi connectivity index (χ0v) is 10.5. The molecule has 0 radical (unpaired) electrons. The molecule has 1 aromatic rings. The van der Waals surface area contributed by atoms with E-state index in [2.05, 4.69) is 16.4 Å². The van der Waals surface area contributed by atoms with Crippen LogP contribution < -0.4 is 5.32 Å². The molecule has 2 aliphatic heterocycles. The first-order valence-electron chi connectivity index (χ1n) is 6.75. The van der Waals surface area contributed by atoms with Crippen molar-refractivity contribution in [2.24, 2.45) is 5.92 Å². The average Bonchev–Trinajstić information content (AvgIpc) is 2.75. The SMILES string of the molecule is O=C1C2CCCNC2CN1CCc1cccnc1. The van der Waals surface area contributed by atoms with Gasteiger partial charge in [0.2, 0.25) is 5.91 Å². The van der Waals surface area contributed by atoms with Crippen LogP contribution in [0, 0.1) is 5.92 Å². The highest BCUT2D eigenvalue weighted by Crippen LogP contribution is 2.26. The quantitative estimate of drug-likeness (QED) is 0.858. The molecule has 1 aromatic heterocycles. The number of aromatic nitrogens is 1. The van der Waals surface area contributed by atoms with Gasteiger partial charge in [-0.2, -0.15) is 0 Å². The van der Waals surface area contributed by atoms with E-state index in [1.807, 2.05) is 17.2 Å². The lowest BCUT2D eigenvalue weighted by Gasteiger charge is -2.23. The summed E-state index contributed by atoms with van der Waals surface area (Å²) >= 11 is 0. The Balaban J connectivity index is 1.59. The van der Waals surface area contributed by atoms with Gasteiger partial charge >= 0.3 is 0 Å². The minimum absolute atomic E-state index is 0.229. The van der Waals surface area contributed by atoms with Crippen LogP contribution in [0.3, 0.4) is 0 Å². The number of piperidine rings is 1. The second-order valence-corrected chi connectivity index (χ2v) is 5.20. The Morgan fingerprint density at radius 2 is 2.44 bits per heavy atom. The van der Waals surface area contributed by atoms with Gasteiger partial charge in [-0.05, 0) is 37.4 Å². The van der Waals surface area contributed by atoms with Gasteiger partial charge in [0.05, 0.1) is 5.92 Å². The van der Waals surface area contributed by atoms with Crippen molar-refractivity contribution in [3.63, 3.8) is 0 Å². The molecule has 3 heterocycles. The normalized spacial score (nSPS) is 27.3. The van der Waals surface area contributed by atoms with E-state index in [-0.39, 0.29) is 5.92 Å². The van der Waals surface area contributed by atoms with Crippen LogP contribution >= 0.6 is 0 Å². The molecule has 96 valence electrons. The van der Waals surface area contributed by atoms with Crippen molar-refractivity contribution in [2.45, 2.75) is 25.3 Å². The van der Waals surface area contributed by atoms with Crippen LogP contribution in [-0.4, -0.2) is 41.5 Å². The standard InChI is InChI=1S/C14H19N3O/c18-14-12-4-2-7-16-13(12)10-17(14)8-5-11-3-1-6-15-9-11/h1,3,6,9,12-13,16H,2,4-5,7-8,10H2. The molecule has 3 rings (SSSR count). The molecule has 0 saturated carbocycles. The summed E-state index contributed by atoms with van der Waals surface area (Å²) in [5, 5.41) is 3.46. The van der Waals surface area contributed by atoms with Gasteiger partial charge in [-0.15, -0.1) is 0 Å². The van der Waals surface area contributed by atoms with Gasteiger partial charge < -0.3 is 10.2 Å². The molecule has 4 nitrogen and oxygen atoms in total. The van der Waals surface area contributed by atoms with Crippen LogP contribution in [0.2, 0.25) is 0 Å². The van der Waals surface area contributed by atoms with E-state index >= 15 is 0 Å². The molecule has 2 saturated heterocycles. The van der Waals surface area contributed by atoms with E-state index in [9.17, 15) is 4.79 Å². The van der Waals surface area contributed by atoms with E-state index in [0.29, 0.717) is 11.9 Å². The fourth-order valence-corrected chi connectivity index (χ4v) is 3.01. The summed E-state index contributed by atoms with van der Waals surface area (Å²) in [6.07, 6.45) is 6.75. The summed E-state index contributed by atoms with van der Waals surface area (Å²) < 4.78 is 0. The highest BCUT2D eigenvalue weighted by atomic mass is 16.2. The molecule has 0 bridgehead atoms. The number of pyridine rings is 1. The fraction of sp³-hybridized carbons (Fsp3) is 0.571. The number of hydrogen-bond donors (Lipinski definition) is 1. The minimum atomic E-state index is 0.229. The van der Waals surface area contributed by atoms with E-state index in [1.54, 1.807) is 6.20 Å². The monoisotopic (exact) mass is 245 g/mol. The Kier molecular flexibility index (Phi) is 3.28. The van der Waals surface area contributed by atoms with Crippen molar-refractivity contribution in [3.8, 4) is 0 Å². The number of likely N-dealkylation sites (tertiary alicyclic amines) is 1. The summed E-state index contributed by atoms with van der Waals surface area (Å²) in [4.78, 5) is 18.4. The topological polar surface area (TPSA) is 45.2 Å². The molecular weight excluding hydrogens is 226 g/mol. The number of amides is 1. The lowest BCUT2D eigenvalue weighted by atomic mass is 9.94. The van der Waals surface area contributed by atoms with E-state index in [0.717, 1.165) is 38.9 Å². The number of carbonyl (C=O) groups is 1. The van der Waals surface area contributed by atoms with Gasteiger partial charge in [0, 0.05) is 31.5 Å². The molecule has 2 fully saturated rings. The maximum atomic E-state index is 12.2. The smallest absolute Gasteiger partial charge is 0.227 e. The van der Waals surface area contributed by atoms with Gasteiger partial charge in [-0.3, -0.25) is 9.78 Å². The second kappa shape index (κ2) is 5.06. The van der Waals surface area contributed by atoms with Crippen molar-refractivity contribution in [3.05, 3.63) is 30.1 Å². The predicted octanol–water partition coefficient (Wildman–Crippen LogP) is 0.834. The predicted molar refractivity (Wildman–Crippen MR) is 69.0 cm³/mol. The van der Waals surface area contributed by atoms with Crippen LogP contribution in [0.25, 0.3) is 0 Å². The Morgan fingerprint density at radius 3 is 3.22 bits per heavy atom. The number of nitrogens with zero attached hydrogens (tertiary/aromatic N) is 2. The third-order valence-corrected chi connectivity index (χ3v) is 4.02. The highest BCUT2D eigenvalue weighted by molar-refractivity contribution is 5.82. The van der Waals surface area contributed by atoms with Gasteiger partial charge in [0.25, 0.3) is 0 Å². The summed E-state index contributed by atoms with van der Waals surface area (Å²) in [5.41, 5.74) is 1.20. The average molecular weight is 245 g/mol. The summed E-state index contributed by atoms with van der Waals surface area (Å²) in [6, 6.07) is 4.40. The molecule has 18 heavy (non-hydrogen) atoms. The van der Waals surface area contributed by atoms with Crippen molar-refractivity contribution < 1.29 is 4.79 Å². The molecule has 4 heteroatoms. The zero-order chi connectivity index (χ0) is 12.4. The summed E-state index contributed by atoms with van der Waals surface area (Å²) in [7, 11) is 0. The third kappa shape index (κ3) is 2.25. The van der Waals surface area contributed by atoms with Gasteiger partial charge in [0.15, 0.2) is 0 Å². The Labute approximate surface area is 107 Å². The van der Waals surface area contributed by atoms with Crippen LogP contribution in [0.4, 0.5) is 0 Å². The summed E-state index contributed by atoms with van der Waals surface area (Å²) in [5.74, 6) is 0.573. The van der Waals surface area contributed by atoms with E-state index in [4.69, 9.17) is 0 Å². The van der Waals surface area contributed by atoms with Crippen molar-refractivity contribution in [2.75, 3.05) is 19.6 Å². The first-order valence-corrected chi connectivity index (χ1v) is 6.75. The van der Waals surface area contributed by atoms with Gasteiger partial charge in [-0.1, -0.05) is 6.07 Å². The fourth-order valence-electron chi connectivity index (χ4n) is 3.01. The number of nitrogens with one attached hydrogen (secondary N) is 1. The number of carbonyl (C=O) groups excluding carboxylic acids is 1. The molecule has 2 aliphatic rings. The third-order valence-electron chi connectivity index (χ3n) is 4.02. The second-order valence-electron chi connectivity index (χ2n) is 5.20. The molecular formula is C14H19N3O. The minimum Gasteiger partial charge on any atom is -0.340 e. The molecule has 2 atom stereocenters. The first kappa shape index (κ1) is 11.7. The first-order chi connectivity index (χ1) is 8.84. The molecule has 1 N–H and O–H groups in total. The Morgan fingerprint density at radius 1 is 1.50 bits per heavy atom. The molecule has 2 unspecified atom stereocenters. The maximum absolute atomic E-state index is 12.2. The Hall–Kier alpha value is -1.42. The largest absolute Gasteiger partial charge is 0.340 e. The van der Waals surface area contributed by atoms with E-state index < -0.39 is 0 Å². The number of hydrogen-bond acceptors (Lipinski definition) is 3. The molecule has 0 spiro atoms. The van der Waals surface area contributed by atoms with Crippen LogP contribution in [0.5, 0.6) is 0 Å². The lowest BCUT2D eigenvalue weighted by Crippen LogP contribution is -2.41. The van der Waals surface area contributed by atoms with Gasteiger partial charge in [-0.25, -0.2) is 0 Å². The highest BCUT2D eigenvalue weighted by Gasteiger charge is 2.40. The van der Waals surface area contributed by atoms with E-state index in [1.165, 1.54) is 5.56 Å². The van der Waals surface area contributed by atoms with Crippen LogP contribution in [-0.2, 0) is 11.2 Å².